The quantitative estimate of drug-likeness (QED) is 0.577. The molecule has 0 aliphatic heterocycles. The van der Waals surface area contributed by atoms with Crippen LogP contribution in [-0.4, -0.2) is 6.17 Å². The van der Waals surface area contributed by atoms with Crippen LogP contribution < -0.4 is 0 Å². The van der Waals surface area contributed by atoms with Crippen molar-refractivity contribution in [1.82, 2.24) is 0 Å². The number of hydrogen-bond donors (Lipinski definition) is 0. The predicted molar refractivity (Wildman–Crippen MR) is 87.7 cm³/mol. The van der Waals surface area contributed by atoms with Gasteiger partial charge in [0.2, 0.25) is 0 Å². The smallest absolute Gasteiger partial charge is 0.132 e. The van der Waals surface area contributed by atoms with Crippen LogP contribution in [0.4, 0.5) is 8.78 Å². The third kappa shape index (κ3) is 1.86. The Morgan fingerprint density at radius 1 is 1.23 bits per heavy atom. The van der Waals surface area contributed by atoms with Crippen LogP contribution in [0.25, 0.3) is 0 Å². The van der Waals surface area contributed by atoms with Gasteiger partial charge in [-0.3, -0.25) is 0 Å². The van der Waals surface area contributed by atoms with Crippen molar-refractivity contribution >= 4 is 0 Å². The third-order valence-corrected chi connectivity index (χ3v) is 5.52. The van der Waals surface area contributed by atoms with Crippen LogP contribution in [0.1, 0.15) is 27.7 Å². The molecule has 0 saturated heterocycles. The van der Waals surface area contributed by atoms with Crippen LogP contribution in [-0.2, 0) is 0 Å². The maximum Gasteiger partial charge on any atom is 0.132 e. The Hall–Kier alpha value is -1.70. The van der Waals surface area contributed by atoms with Gasteiger partial charge in [-0.05, 0) is 32.4 Å². The van der Waals surface area contributed by atoms with E-state index in [0.717, 1.165) is 16.7 Å². The first-order chi connectivity index (χ1) is 10.4. The Morgan fingerprint density at radius 2 is 1.91 bits per heavy atom. The number of hydrogen-bond acceptors (Lipinski definition) is 0. The minimum absolute atomic E-state index is 0.143. The third-order valence-electron chi connectivity index (χ3n) is 5.52. The van der Waals surface area contributed by atoms with E-state index in [1.807, 2.05) is 58.1 Å². The summed E-state index contributed by atoms with van der Waals surface area (Å²) in [5, 5.41) is 0. The van der Waals surface area contributed by atoms with Crippen molar-refractivity contribution in [3.05, 3.63) is 71.2 Å². The van der Waals surface area contributed by atoms with Gasteiger partial charge in [0.1, 0.15) is 12.0 Å². The van der Waals surface area contributed by atoms with E-state index in [1.165, 1.54) is 0 Å². The van der Waals surface area contributed by atoms with Crippen LogP contribution in [0.5, 0.6) is 0 Å². The molecule has 0 fully saturated rings. The van der Waals surface area contributed by atoms with E-state index in [4.69, 9.17) is 0 Å². The van der Waals surface area contributed by atoms with Gasteiger partial charge in [0, 0.05) is 5.41 Å². The van der Waals surface area contributed by atoms with E-state index < -0.39 is 17.0 Å². The molecule has 0 N–H and O–H groups in total. The molecular weight excluding hydrogens is 278 g/mol. The van der Waals surface area contributed by atoms with Gasteiger partial charge >= 0.3 is 0 Å². The zero-order valence-corrected chi connectivity index (χ0v) is 13.5. The van der Waals surface area contributed by atoms with Crippen molar-refractivity contribution in [3.8, 4) is 0 Å². The Balaban J connectivity index is 2.03. The van der Waals surface area contributed by atoms with Gasteiger partial charge in [-0.2, -0.15) is 0 Å². The van der Waals surface area contributed by atoms with Crippen molar-refractivity contribution < 1.29 is 8.78 Å². The van der Waals surface area contributed by atoms with E-state index in [1.54, 1.807) is 18.2 Å². The largest absolute Gasteiger partial charge is 0.242 e. The fraction of sp³-hybridized carbons (Fsp3) is 0.400. The molecule has 2 heteroatoms. The molecule has 3 unspecified atom stereocenters. The lowest BCUT2D eigenvalue weighted by molar-refractivity contribution is 0.171. The summed E-state index contributed by atoms with van der Waals surface area (Å²) in [4.78, 5) is 0. The Morgan fingerprint density at radius 3 is 2.41 bits per heavy atom. The fourth-order valence-corrected chi connectivity index (χ4v) is 3.93. The van der Waals surface area contributed by atoms with Gasteiger partial charge in [0.15, 0.2) is 0 Å². The van der Waals surface area contributed by atoms with E-state index >= 15 is 0 Å². The fourth-order valence-electron chi connectivity index (χ4n) is 3.93. The summed E-state index contributed by atoms with van der Waals surface area (Å²) in [7, 11) is 0. The zero-order chi connectivity index (χ0) is 16.1. The maximum absolute atomic E-state index is 14.8. The first-order valence-corrected chi connectivity index (χ1v) is 7.79. The highest BCUT2D eigenvalue weighted by atomic mass is 19.1. The van der Waals surface area contributed by atoms with Crippen molar-refractivity contribution in [2.24, 2.45) is 16.7 Å². The minimum atomic E-state index is -1.09. The average Bonchev–Trinajstić information content (AvgIpc) is 3.14. The standard InChI is InChI=1S/C20H22F2/c1-5-6-18(22)20(9-10-20)19(4)14(3)7-8-16(19)15-11-13(2)12-17(15)21/h5-12,15,18H,1-4H3/b6-5+. The van der Waals surface area contributed by atoms with Gasteiger partial charge in [-0.15, -0.1) is 0 Å². The molecule has 0 nitrogen and oxygen atoms in total. The number of allylic oxidation sites excluding steroid dienone is 12. The van der Waals surface area contributed by atoms with E-state index in [2.05, 4.69) is 0 Å². The Bertz CT molecular complexity index is 678. The van der Waals surface area contributed by atoms with Crippen LogP contribution >= 0.6 is 0 Å². The summed E-state index contributed by atoms with van der Waals surface area (Å²) < 4.78 is 29.2. The second kappa shape index (κ2) is 4.91. The summed E-state index contributed by atoms with van der Waals surface area (Å²) in [5.41, 5.74) is 1.80. The lowest BCUT2D eigenvalue weighted by Crippen LogP contribution is -2.40. The molecule has 0 heterocycles. The molecule has 0 saturated carbocycles. The Labute approximate surface area is 131 Å². The summed E-state index contributed by atoms with van der Waals surface area (Å²) in [5.74, 6) is -0.508. The van der Waals surface area contributed by atoms with Crippen LogP contribution in [0, 0.1) is 16.7 Å². The first-order valence-electron chi connectivity index (χ1n) is 7.79. The van der Waals surface area contributed by atoms with Gasteiger partial charge in [0.25, 0.3) is 0 Å². The first kappa shape index (κ1) is 15.2. The highest BCUT2D eigenvalue weighted by molar-refractivity contribution is 5.56. The molecule has 0 aromatic heterocycles. The lowest BCUT2D eigenvalue weighted by Gasteiger charge is -2.42. The molecule has 0 bridgehead atoms. The average molecular weight is 300 g/mol. The monoisotopic (exact) mass is 300 g/mol. The molecule has 3 rings (SSSR count). The van der Waals surface area contributed by atoms with Gasteiger partial charge in [-0.1, -0.05) is 60.6 Å². The topological polar surface area (TPSA) is 0 Å². The highest BCUT2D eigenvalue weighted by Gasteiger charge is 2.60. The zero-order valence-electron chi connectivity index (χ0n) is 13.5. The maximum atomic E-state index is 14.8. The SMILES string of the molecule is C/C=C/C(F)C1(C2(C)C(C)=CC=C2C2C=C(C)C=C2F)C=C1. The van der Waals surface area contributed by atoms with Crippen LogP contribution in [0.3, 0.4) is 0 Å². The van der Waals surface area contributed by atoms with E-state index in [-0.39, 0.29) is 11.7 Å². The molecule has 22 heavy (non-hydrogen) atoms. The minimum Gasteiger partial charge on any atom is -0.242 e. The van der Waals surface area contributed by atoms with Crippen LogP contribution in [0.2, 0.25) is 0 Å². The van der Waals surface area contributed by atoms with Crippen molar-refractivity contribution in [2.45, 2.75) is 33.9 Å². The molecule has 0 spiro atoms. The van der Waals surface area contributed by atoms with E-state index in [9.17, 15) is 8.78 Å². The van der Waals surface area contributed by atoms with Crippen molar-refractivity contribution in [3.63, 3.8) is 0 Å². The molecule has 116 valence electrons. The molecule has 0 amide bonds. The second-order valence-electron chi connectivity index (χ2n) is 6.71. The lowest BCUT2D eigenvalue weighted by atomic mass is 9.61. The molecular formula is C20H22F2. The number of alkyl halides is 1. The van der Waals surface area contributed by atoms with Gasteiger partial charge in [-0.25, -0.2) is 8.78 Å². The number of halogens is 2. The highest BCUT2D eigenvalue weighted by Crippen LogP contribution is 2.65. The number of rotatable bonds is 4. The summed E-state index contributed by atoms with van der Waals surface area (Å²) >= 11 is 0. The molecule has 0 aromatic rings. The normalized spacial score (nSPS) is 33.6. The predicted octanol–water partition coefficient (Wildman–Crippen LogP) is 5.78. The Kier molecular flexibility index (Phi) is 3.39. The van der Waals surface area contributed by atoms with Gasteiger partial charge < -0.3 is 0 Å². The second-order valence-corrected chi connectivity index (χ2v) is 6.71. The molecule has 3 atom stereocenters. The molecule has 0 radical (unpaired) electrons. The van der Waals surface area contributed by atoms with Crippen molar-refractivity contribution in [2.75, 3.05) is 0 Å². The van der Waals surface area contributed by atoms with E-state index in [0.29, 0.717) is 0 Å². The summed E-state index contributed by atoms with van der Waals surface area (Å²) in [6, 6.07) is 0. The molecule has 0 aromatic carbocycles. The van der Waals surface area contributed by atoms with Crippen LogP contribution in [0.15, 0.2) is 71.2 Å². The summed E-state index contributed by atoms with van der Waals surface area (Å²) in [6.45, 7) is 7.78. The molecule has 3 aliphatic rings. The summed E-state index contributed by atoms with van der Waals surface area (Å²) in [6.07, 6.45) is 13.6. The van der Waals surface area contributed by atoms with Crippen molar-refractivity contribution in [1.29, 1.82) is 0 Å². The van der Waals surface area contributed by atoms with Gasteiger partial charge in [0.05, 0.1) is 11.3 Å². The molecule has 3 aliphatic carbocycles.